The van der Waals surface area contributed by atoms with Gasteiger partial charge in [-0.15, -0.1) is 0 Å². The number of nitrogens with one attached hydrogen (secondary N) is 2. The first-order chi connectivity index (χ1) is 8.09. The third-order valence-electron chi connectivity index (χ3n) is 2.22. The van der Waals surface area contributed by atoms with Gasteiger partial charge in [-0.2, -0.15) is 5.10 Å². The molecule has 6 nitrogen and oxygen atoms in total. The van der Waals surface area contributed by atoms with Gasteiger partial charge in [0.1, 0.15) is 4.60 Å². The molecule has 0 bridgehead atoms. The third-order valence-corrected chi connectivity index (χ3v) is 2.85. The summed E-state index contributed by atoms with van der Waals surface area (Å²) in [7, 11) is 0. The Labute approximate surface area is 106 Å². The summed E-state index contributed by atoms with van der Waals surface area (Å²) in [5, 5.41) is 9.17. The van der Waals surface area contributed by atoms with Crippen LogP contribution in [0.3, 0.4) is 0 Å². The van der Waals surface area contributed by atoms with Crippen LogP contribution in [-0.4, -0.2) is 21.1 Å². The Morgan fingerprint density at radius 2 is 2.35 bits per heavy atom. The van der Waals surface area contributed by atoms with Crippen molar-refractivity contribution in [3.05, 3.63) is 34.3 Å². The van der Waals surface area contributed by atoms with Crippen molar-refractivity contribution in [3.63, 3.8) is 0 Å². The number of hydrogen-bond donors (Lipinski definition) is 3. The number of rotatable bonds is 2. The van der Waals surface area contributed by atoms with Crippen molar-refractivity contribution >= 4 is 33.2 Å². The van der Waals surface area contributed by atoms with Crippen LogP contribution in [0.2, 0.25) is 0 Å². The van der Waals surface area contributed by atoms with Gasteiger partial charge in [0, 0.05) is 6.20 Å². The van der Waals surface area contributed by atoms with E-state index in [1.165, 1.54) is 0 Å². The lowest BCUT2D eigenvalue weighted by atomic mass is 10.3. The Kier molecular flexibility index (Phi) is 3.10. The summed E-state index contributed by atoms with van der Waals surface area (Å²) in [5.74, 6) is -0.374. The van der Waals surface area contributed by atoms with Gasteiger partial charge in [-0.1, -0.05) is 0 Å². The van der Waals surface area contributed by atoms with Crippen molar-refractivity contribution in [3.8, 4) is 0 Å². The fourth-order valence-electron chi connectivity index (χ4n) is 1.27. The molecular formula is C10H10BrN5O. The van der Waals surface area contributed by atoms with Crippen molar-refractivity contribution in [2.75, 3.05) is 11.1 Å². The minimum Gasteiger partial charge on any atom is -0.395 e. The Morgan fingerprint density at radius 3 is 2.94 bits per heavy atom. The number of nitrogens with zero attached hydrogens (tertiary/aromatic N) is 2. The minimum absolute atomic E-state index is 0.179. The lowest BCUT2D eigenvalue weighted by Crippen LogP contribution is -2.14. The van der Waals surface area contributed by atoms with E-state index >= 15 is 0 Å². The van der Waals surface area contributed by atoms with E-state index < -0.39 is 0 Å². The monoisotopic (exact) mass is 295 g/mol. The minimum atomic E-state index is -0.374. The predicted molar refractivity (Wildman–Crippen MR) is 67.6 cm³/mol. The SMILES string of the molecule is Cc1[nH]nc(C(=O)Nc2cccnc2Br)c1N. The molecule has 0 aliphatic rings. The van der Waals surface area contributed by atoms with Crippen LogP contribution < -0.4 is 11.1 Å². The fraction of sp³-hybridized carbons (Fsp3) is 0.100. The van der Waals surface area contributed by atoms with Crippen LogP contribution in [0.15, 0.2) is 22.9 Å². The van der Waals surface area contributed by atoms with E-state index in [1.54, 1.807) is 25.3 Å². The van der Waals surface area contributed by atoms with Gasteiger partial charge >= 0.3 is 0 Å². The molecule has 0 aliphatic heterocycles. The molecule has 0 saturated heterocycles. The number of carbonyl (C=O) groups excluding carboxylic acids is 1. The lowest BCUT2D eigenvalue weighted by Gasteiger charge is -2.04. The molecule has 2 rings (SSSR count). The van der Waals surface area contributed by atoms with Gasteiger partial charge in [0.15, 0.2) is 5.69 Å². The van der Waals surface area contributed by atoms with E-state index in [4.69, 9.17) is 5.73 Å². The van der Waals surface area contributed by atoms with Crippen LogP contribution in [0.1, 0.15) is 16.2 Å². The molecule has 17 heavy (non-hydrogen) atoms. The zero-order valence-electron chi connectivity index (χ0n) is 8.99. The molecule has 0 aromatic carbocycles. The maximum absolute atomic E-state index is 11.9. The molecule has 0 unspecified atom stereocenters. The smallest absolute Gasteiger partial charge is 0.278 e. The standard InChI is InChI=1S/C10H10BrN5O/c1-5-7(12)8(16-15-5)10(17)14-6-3-2-4-13-9(6)11/h2-4H,12H2,1H3,(H,14,17)(H,15,16). The molecule has 88 valence electrons. The summed E-state index contributed by atoms with van der Waals surface area (Å²) in [4.78, 5) is 15.9. The number of aryl methyl sites for hydroxylation is 1. The van der Waals surface area contributed by atoms with E-state index in [0.29, 0.717) is 21.7 Å². The number of aromatic nitrogens is 3. The molecule has 4 N–H and O–H groups in total. The third kappa shape index (κ3) is 2.28. The van der Waals surface area contributed by atoms with Crippen LogP contribution in [0, 0.1) is 6.92 Å². The summed E-state index contributed by atoms with van der Waals surface area (Å²) < 4.78 is 0.555. The van der Waals surface area contributed by atoms with Gasteiger partial charge in [0.05, 0.1) is 17.1 Å². The van der Waals surface area contributed by atoms with Gasteiger partial charge in [-0.3, -0.25) is 9.89 Å². The van der Waals surface area contributed by atoms with E-state index in [0.717, 1.165) is 0 Å². The zero-order valence-corrected chi connectivity index (χ0v) is 10.6. The van der Waals surface area contributed by atoms with E-state index in [-0.39, 0.29) is 11.6 Å². The largest absolute Gasteiger partial charge is 0.395 e. The highest BCUT2D eigenvalue weighted by atomic mass is 79.9. The molecule has 2 aromatic rings. The van der Waals surface area contributed by atoms with E-state index in [9.17, 15) is 4.79 Å². The zero-order chi connectivity index (χ0) is 12.4. The Hall–Kier alpha value is -1.89. The second-order valence-electron chi connectivity index (χ2n) is 3.41. The Morgan fingerprint density at radius 1 is 1.59 bits per heavy atom. The maximum Gasteiger partial charge on any atom is 0.278 e. The van der Waals surface area contributed by atoms with Gasteiger partial charge < -0.3 is 11.1 Å². The van der Waals surface area contributed by atoms with Crippen molar-refractivity contribution in [2.24, 2.45) is 0 Å². The highest BCUT2D eigenvalue weighted by Gasteiger charge is 2.16. The quantitative estimate of drug-likeness (QED) is 0.735. The van der Waals surface area contributed by atoms with Crippen molar-refractivity contribution in [2.45, 2.75) is 6.92 Å². The van der Waals surface area contributed by atoms with Gasteiger partial charge in [-0.25, -0.2) is 4.98 Å². The van der Waals surface area contributed by atoms with Crippen LogP contribution in [0.25, 0.3) is 0 Å². The van der Waals surface area contributed by atoms with Gasteiger partial charge in [0.2, 0.25) is 0 Å². The normalized spacial score (nSPS) is 10.2. The molecule has 0 atom stereocenters. The lowest BCUT2D eigenvalue weighted by molar-refractivity contribution is 0.102. The molecule has 0 radical (unpaired) electrons. The highest BCUT2D eigenvalue weighted by molar-refractivity contribution is 9.10. The van der Waals surface area contributed by atoms with E-state index in [2.05, 4.69) is 36.4 Å². The average molecular weight is 296 g/mol. The number of nitrogens with two attached hydrogens (primary N) is 1. The first-order valence-electron chi connectivity index (χ1n) is 4.82. The molecule has 2 heterocycles. The summed E-state index contributed by atoms with van der Waals surface area (Å²) >= 11 is 3.24. The number of aromatic amines is 1. The number of halogens is 1. The van der Waals surface area contributed by atoms with Crippen molar-refractivity contribution in [1.82, 2.24) is 15.2 Å². The van der Waals surface area contributed by atoms with Crippen LogP contribution >= 0.6 is 15.9 Å². The second-order valence-corrected chi connectivity index (χ2v) is 4.16. The first-order valence-corrected chi connectivity index (χ1v) is 5.61. The van der Waals surface area contributed by atoms with Crippen molar-refractivity contribution in [1.29, 1.82) is 0 Å². The van der Waals surface area contributed by atoms with Crippen LogP contribution in [-0.2, 0) is 0 Å². The number of carbonyl (C=O) groups is 1. The number of pyridine rings is 1. The Bertz CT molecular complexity index is 566. The van der Waals surface area contributed by atoms with Crippen molar-refractivity contribution < 1.29 is 4.79 Å². The van der Waals surface area contributed by atoms with Gasteiger partial charge in [-0.05, 0) is 35.0 Å². The van der Waals surface area contributed by atoms with Crippen LogP contribution in [0.4, 0.5) is 11.4 Å². The molecule has 1 amide bonds. The number of hydrogen-bond acceptors (Lipinski definition) is 4. The van der Waals surface area contributed by atoms with Crippen LogP contribution in [0.5, 0.6) is 0 Å². The highest BCUT2D eigenvalue weighted by Crippen LogP contribution is 2.20. The molecule has 0 saturated carbocycles. The average Bonchev–Trinajstić information content (AvgIpc) is 2.63. The fourth-order valence-corrected chi connectivity index (χ4v) is 1.62. The number of H-pyrrole nitrogens is 1. The number of amides is 1. The number of nitrogen functional groups attached to an aromatic ring is 1. The second kappa shape index (κ2) is 4.54. The summed E-state index contributed by atoms with van der Waals surface area (Å²) in [5.41, 5.74) is 7.48. The first kappa shape index (κ1) is 11.6. The molecule has 0 fully saturated rings. The Balaban J connectivity index is 2.23. The van der Waals surface area contributed by atoms with Gasteiger partial charge in [0.25, 0.3) is 5.91 Å². The molecule has 7 heteroatoms. The molecular weight excluding hydrogens is 286 g/mol. The number of anilines is 2. The molecule has 0 spiro atoms. The summed E-state index contributed by atoms with van der Waals surface area (Å²) in [6.07, 6.45) is 1.62. The predicted octanol–water partition coefficient (Wildman–Crippen LogP) is 1.71. The summed E-state index contributed by atoms with van der Waals surface area (Å²) in [6.45, 7) is 1.75. The molecule has 0 aliphatic carbocycles. The molecule has 2 aromatic heterocycles. The topological polar surface area (TPSA) is 96.7 Å². The van der Waals surface area contributed by atoms with E-state index in [1.807, 2.05) is 0 Å². The summed E-state index contributed by atoms with van der Waals surface area (Å²) in [6, 6.07) is 3.45. The maximum atomic E-state index is 11.9.